The van der Waals surface area contributed by atoms with E-state index in [9.17, 15) is 0 Å². The van der Waals surface area contributed by atoms with Gasteiger partial charge in [-0.15, -0.1) is 11.8 Å². The van der Waals surface area contributed by atoms with E-state index in [0.29, 0.717) is 12.3 Å². The number of thioether (sulfide) groups is 1. The molecule has 90 valence electrons. The molecule has 0 spiro atoms. The molecule has 0 aliphatic rings. The van der Waals surface area contributed by atoms with Crippen molar-refractivity contribution >= 4 is 29.1 Å². The zero-order valence-electron chi connectivity index (χ0n) is 9.29. The molecule has 0 atom stereocenters. The van der Waals surface area contributed by atoms with Crippen LogP contribution in [0, 0.1) is 0 Å². The molecular weight excluding hydrogens is 242 g/mol. The summed E-state index contributed by atoms with van der Waals surface area (Å²) in [7, 11) is 0. The third-order valence-corrected chi connectivity index (χ3v) is 3.85. The third-order valence-electron chi connectivity index (χ3n) is 2.27. The molecule has 0 heterocycles. The monoisotopic (exact) mass is 259 g/mol. The number of aliphatic hydroxyl groups is 1. The fraction of sp³-hybridized carbons (Fsp3) is 0.500. The minimum absolute atomic E-state index is 0.303. The number of unbranched alkanes of at least 4 members (excludes halogenated alkanes) is 3. The van der Waals surface area contributed by atoms with Gasteiger partial charge in [0.15, 0.2) is 0 Å². The molecule has 0 radical (unpaired) electrons. The summed E-state index contributed by atoms with van der Waals surface area (Å²) in [6, 6.07) is 5.63. The van der Waals surface area contributed by atoms with Gasteiger partial charge in [-0.2, -0.15) is 0 Å². The maximum atomic E-state index is 8.63. The Kier molecular flexibility index (Phi) is 6.69. The largest absolute Gasteiger partial charge is 0.399 e. The van der Waals surface area contributed by atoms with Crippen LogP contribution in [0.25, 0.3) is 0 Å². The molecule has 0 aliphatic heterocycles. The molecule has 2 nitrogen and oxygen atoms in total. The van der Waals surface area contributed by atoms with Gasteiger partial charge in [0.1, 0.15) is 0 Å². The second-order valence-corrected chi connectivity index (χ2v) is 5.22. The molecule has 0 saturated heterocycles. The van der Waals surface area contributed by atoms with Crippen LogP contribution in [0.2, 0.25) is 5.02 Å². The van der Waals surface area contributed by atoms with E-state index in [1.54, 1.807) is 17.8 Å². The van der Waals surface area contributed by atoms with Crippen LogP contribution in [-0.4, -0.2) is 17.5 Å². The third kappa shape index (κ3) is 5.10. The standard InChI is InChI=1S/C12H18ClNOS/c13-11-9-10(14)5-6-12(11)16-8-4-2-1-3-7-15/h5-6,9,15H,1-4,7-8,14H2. The molecule has 1 aromatic rings. The Bertz CT molecular complexity index is 320. The molecule has 0 unspecified atom stereocenters. The normalized spacial score (nSPS) is 10.6. The summed E-state index contributed by atoms with van der Waals surface area (Å²) >= 11 is 7.82. The van der Waals surface area contributed by atoms with Crippen molar-refractivity contribution in [1.82, 2.24) is 0 Å². The summed E-state index contributed by atoms with van der Waals surface area (Å²) in [5, 5.41) is 9.37. The molecule has 0 aliphatic carbocycles. The minimum Gasteiger partial charge on any atom is -0.399 e. The van der Waals surface area contributed by atoms with E-state index in [4.69, 9.17) is 22.4 Å². The first kappa shape index (κ1) is 13.7. The average Bonchev–Trinajstić information content (AvgIpc) is 2.26. The van der Waals surface area contributed by atoms with Gasteiger partial charge in [-0.05, 0) is 36.8 Å². The van der Waals surface area contributed by atoms with Crippen LogP contribution in [0.15, 0.2) is 23.1 Å². The number of hydrogen-bond donors (Lipinski definition) is 2. The molecule has 0 bridgehead atoms. The molecule has 0 fully saturated rings. The number of hydrogen-bond acceptors (Lipinski definition) is 3. The van der Waals surface area contributed by atoms with Gasteiger partial charge in [0.2, 0.25) is 0 Å². The zero-order chi connectivity index (χ0) is 11.8. The molecule has 0 amide bonds. The summed E-state index contributed by atoms with van der Waals surface area (Å²) in [4.78, 5) is 1.10. The summed E-state index contributed by atoms with van der Waals surface area (Å²) in [5.41, 5.74) is 6.33. The number of anilines is 1. The Labute approximate surface area is 106 Å². The highest BCUT2D eigenvalue weighted by Crippen LogP contribution is 2.29. The van der Waals surface area contributed by atoms with Crippen molar-refractivity contribution in [2.45, 2.75) is 30.6 Å². The molecule has 4 heteroatoms. The maximum Gasteiger partial charge on any atom is 0.0562 e. The van der Waals surface area contributed by atoms with Gasteiger partial charge >= 0.3 is 0 Å². The van der Waals surface area contributed by atoms with E-state index < -0.39 is 0 Å². The van der Waals surface area contributed by atoms with Crippen LogP contribution >= 0.6 is 23.4 Å². The van der Waals surface area contributed by atoms with Gasteiger partial charge in [0.25, 0.3) is 0 Å². The van der Waals surface area contributed by atoms with Crippen molar-refractivity contribution in [3.63, 3.8) is 0 Å². The minimum atomic E-state index is 0.303. The van der Waals surface area contributed by atoms with E-state index in [0.717, 1.165) is 34.9 Å². The van der Waals surface area contributed by atoms with Gasteiger partial charge in [0.05, 0.1) is 5.02 Å². The Morgan fingerprint density at radius 1 is 1.19 bits per heavy atom. The lowest BCUT2D eigenvalue weighted by Gasteiger charge is -2.04. The topological polar surface area (TPSA) is 46.2 Å². The Morgan fingerprint density at radius 3 is 2.62 bits per heavy atom. The number of nitrogen functional groups attached to an aromatic ring is 1. The van der Waals surface area contributed by atoms with Gasteiger partial charge in [0, 0.05) is 17.2 Å². The number of nitrogens with two attached hydrogens (primary N) is 1. The van der Waals surface area contributed by atoms with Crippen LogP contribution in [0.1, 0.15) is 25.7 Å². The Morgan fingerprint density at radius 2 is 1.94 bits per heavy atom. The van der Waals surface area contributed by atoms with Crippen molar-refractivity contribution in [3.05, 3.63) is 23.2 Å². The first-order valence-corrected chi connectivity index (χ1v) is 6.89. The fourth-order valence-corrected chi connectivity index (χ4v) is 2.67. The lowest BCUT2D eigenvalue weighted by Crippen LogP contribution is -1.87. The summed E-state index contributed by atoms with van der Waals surface area (Å²) in [5.74, 6) is 1.06. The van der Waals surface area contributed by atoms with Crippen LogP contribution in [-0.2, 0) is 0 Å². The molecule has 1 rings (SSSR count). The highest BCUT2D eigenvalue weighted by Gasteiger charge is 2.01. The molecular formula is C12H18ClNOS. The molecule has 1 aromatic carbocycles. The predicted octanol–water partition coefficient (Wildman–Crippen LogP) is 3.57. The van der Waals surface area contributed by atoms with E-state index in [-0.39, 0.29) is 0 Å². The second-order valence-electron chi connectivity index (χ2n) is 3.68. The van der Waals surface area contributed by atoms with E-state index in [1.165, 1.54) is 6.42 Å². The van der Waals surface area contributed by atoms with Crippen molar-refractivity contribution in [2.75, 3.05) is 18.1 Å². The van der Waals surface area contributed by atoms with Crippen LogP contribution in [0.4, 0.5) is 5.69 Å². The molecule has 3 N–H and O–H groups in total. The van der Waals surface area contributed by atoms with Crippen molar-refractivity contribution in [2.24, 2.45) is 0 Å². The van der Waals surface area contributed by atoms with Gasteiger partial charge in [-0.1, -0.05) is 24.4 Å². The van der Waals surface area contributed by atoms with E-state index >= 15 is 0 Å². The van der Waals surface area contributed by atoms with Crippen LogP contribution < -0.4 is 5.73 Å². The van der Waals surface area contributed by atoms with Crippen LogP contribution in [0.3, 0.4) is 0 Å². The number of aliphatic hydroxyl groups excluding tert-OH is 1. The van der Waals surface area contributed by atoms with Gasteiger partial charge in [-0.3, -0.25) is 0 Å². The van der Waals surface area contributed by atoms with Gasteiger partial charge in [-0.25, -0.2) is 0 Å². The van der Waals surface area contributed by atoms with Gasteiger partial charge < -0.3 is 10.8 Å². The molecule has 0 saturated carbocycles. The number of halogens is 1. The van der Waals surface area contributed by atoms with Crippen molar-refractivity contribution < 1.29 is 5.11 Å². The molecule has 0 aromatic heterocycles. The zero-order valence-corrected chi connectivity index (χ0v) is 10.9. The predicted molar refractivity (Wildman–Crippen MR) is 72.1 cm³/mol. The summed E-state index contributed by atoms with van der Waals surface area (Å²) in [6.07, 6.45) is 4.34. The quantitative estimate of drug-likeness (QED) is 0.447. The SMILES string of the molecule is Nc1ccc(SCCCCCCO)c(Cl)c1. The fourth-order valence-electron chi connectivity index (χ4n) is 1.38. The lowest BCUT2D eigenvalue weighted by atomic mass is 10.2. The highest BCUT2D eigenvalue weighted by atomic mass is 35.5. The van der Waals surface area contributed by atoms with E-state index in [1.807, 2.05) is 12.1 Å². The first-order valence-electron chi connectivity index (χ1n) is 5.52. The summed E-state index contributed by atoms with van der Waals surface area (Å²) < 4.78 is 0. The second kappa shape index (κ2) is 7.82. The Balaban J connectivity index is 2.21. The maximum absolute atomic E-state index is 8.63. The lowest BCUT2D eigenvalue weighted by molar-refractivity contribution is 0.283. The van der Waals surface area contributed by atoms with Crippen molar-refractivity contribution in [3.8, 4) is 0 Å². The number of benzene rings is 1. The van der Waals surface area contributed by atoms with Crippen LogP contribution in [0.5, 0.6) is 0 Å². The first-order chi connectivity index (χ1) is 7.74. The average molecular weight is 260 g/mol. The highest BCUT2D eigenvalue weighted by molar-refractivity contribution is 7.99. The number of rotatable bonds is 7. The van der Waals surface area contributed by atoms with Crippen molar-refractivity contribution in [1.29, 1.82) is 0 Å². The Hall–Kier alpha value is -0.380. The molecule has 16 heavy (non-hydrogen) atoms. The summed E-state index contributed by atoms with van der Waals surface area (Å²) in [6.45, 7) is 0.303. The van der Waals surface area contributed by atoms with E-state index in [2.05, 4.69) is 0 Å². The smallest absolute Gasteiger partial charge is 0.0562 e.